The average Bonchev–Trinajstić information content (AvgIpc) is 3.09. The largest absolute Gasteiger partial charge is 0.309 e. The van der Waals surface area contributed by atoms with Gasteiger partial charge in [0.15, 0.2) is 0 Å². The van der Waals surface area contributed by atoms with Crippen molar-refractivity contribution in [2.24, 2.45) is 0 Å². The van der Waals surface area contributed by atoms with Gasteiger partial charge in [-0.2, -0.15) is 5.10 Å². The highest BCUT2D eigenvalue weighted by molar-refractivity contribution is 5.63. The SMILES string of the molecule is Cc1cn(-c2cccc(CN(C)C)c2)nc1-c1cccc(CN(C)CCCN(C)C)c1. The van der Waals surface area contributed by atoms with E-state index in [1.165, 1.54) is 28.7 Å². The molecule has 2 aromatic carbocycles. The van der Waals surface area contributed by atoms with Gasteiger partial charge in [0.2, 0.25) is 0 Å². The van der Waals surface area contributed by atoms with Crippen molar-refractivity contribution in [1.82, 2.24) is 24.5 Å². The minimum atomic E-state index is 0.922. The number of nitrogens with zero attached hydrogens (tertiary/aromatic N) is 5. The van der Waals surface area contributed by atoms with Crippen LogP contribution < -0.4 is 0 Å². The molecule has 5 heteroatoms. The maximum absolute atomic E-state index is 4.94. The van der Waals surface area contributed by atoms with Gasteiger partial charge in [0, 0.05) is 24.8 Å². The fourth-order valence-corrected chi connectivity index (χ4v) is 3.90. The highest BCUT2D eigenvalue weighted by Crippen LogP contribution is 2.25. The van der Waals surface area contributed by atoms with Gasteiger partial charge < -0.3 is 14.7 Å². The first kappa shape index (κ1) is 23.2. The fourth-order valence-electron chi connectivity index (χ4n) is 3.90. The van der Waals surface area contributed by atoms with E-state index in [0.29, 0.717) is 0 Å². The van der Waals surface area contributed by atoms with Crippen LogP contribution in [0.15, 0.2) is 54.7 Å². The molecule has 0 radical (unpaired) electrons. The third kappa shape index (κ3) is 6.76. The van der Waals surface area contributed by atoms with Crippen LogP contribution in [0.5, 0.6) is 0 Å². The standard InChI is InChI=1S/C26H37N5/c1-21-18-31(25-13-8-11-23(17-25)19-29(4)5)27-26(21)24-12-7-10-22(16-24)20-30(6)15-9-14-28(2)3/h7-8,10-13,16-18H,9,14-15,19-20H2,1-6H3. The monoisotopic (exact) mass is 419 g/mol. The molecule has 0 aliphatic rings. The van der Waals surface area contributed by atoms with Crippen molar-refractivity contribution in [3.8, 4) is 16.9 Å². The van der Waals surface area contributed by atoms with Gasteiger partial charge in [-0.05, 0) is 96.6 Å². The minimum Gasteiger partial charge on any atom is -0.309 e. The molecule has 0 unspecified atom stereocenters. The number of aromatic nitrogens is 2. The third-order valence-corrected chi connectivity index (χ3v) is 5.37. The first-order valence-corrected chi connectivity index (χ1v) is 11.0. The van der Waals surface area contributed by atoms with Crippen molar-refractivity contribution in [2.45, 2.75) is 26.4 Å². The van der Waals surface area contributed by atoms with Gasteiger partial charge in [-0.3, -0.25) is 0 Å². The third-order valence-electron chi connectivity index (χ3n) is 5.37. The Hall–Kier alpha value is -2.47. The van der Waals surface area contributed by atoms with E-state index in [4.69, 9.17) is 5.10 Å². The van der Waals surface area contributed by atoms with Gasteiger partial charge in [-0.15, -0.1) is 0 Å². The Morgan fingerprint density at radius 2 is 1.52 bits per heavy atom. The number of rotatable bonds is 10. The molecule has 0 atom stereocenters. The molecule has 0 spiro atoms. The summed E-state index contributed by atoms with van der Waals surface area (Å²) in [4.78, 5) is 6.82. The number of hydrogen-bond acceptors (Lipinski definition) is 4. The Morgan fingerprint density at radius 3 is 2.23 bits per heavy atom. The molecule has 5 nitrogen and oxygen atoms in total. The molecule has 0 saturated heterocycles. The Kier molecular flexibility index (Phi) is 8.02. The van der Waals surface area contributed by atoms with Crippen LogP contribution >= 0.6 is 0 Å². The molecule has 31 heavy (non-hydrogen) atoms. The first-order chi connectivity index (χ1) is 14.8. The molecular formula is C26H37N5. The number of hydrogen-bond donors (Lipinski definition) is 0. The van der Waals surface area contributed by atoms with Gasteiger partial charge in [-0.1, -0.05) is 30.3 Å². The molecule has 0 aliphatic carbocycles. The molecule has 0 amide bonds. The van der Waals surface area contributed by atoms with Crippen molar-refractivity contribution in [3.05, 3.63) is 71.4 Å². The zero-order valence-corrected chi connectivity index (χ0v) is 20.0. The smallest absolute Gasteiger partial charge is 0.0956 e. The molecule has 1 heterocycles. The highest BCUT2D eigenvalue weighted by Gasteiger charge is 2.11. The van der Waals surface area contributed by atoms with Gasteiger partial charge in [-0.25, -0.2) is 4.68 Å². The second-order valence-electron chi connectivity index (χ2n) is 9.11. The molecule has 0 saturated carbocycles. The Labute approximate surface area is 187 Å². The van der Waals surface area contributed by atoms with Crippen LogP contribution in [-0.2, 0) is 13.1 Å². The zero-order chi connectivity index (χ0) is 22.4. The Balaban J connectivity index is 1.75. The summed E-state index contributed by atoms with van der Waals surface area (Å²) in [5.41, 5.74) is 7.14. The summed E-state index contributed by atoms with van der Waals surface area (Å²) in [6, 6.07) is 17.4. The topological polar surface area (TPSA) is 27.5 Å². The molecule has 3 rings (SSSR count). The molecule has 0 fully saturated rings. The summed E-state index contributed by atoms with van der Waals surface area (Å²) < 4.78 is 2.00. The van der Waals surface area contributed by atoms with Gasteiger partial charge in [0.1, 0.15) is 0 Å². The summed E-state index contributed by atoms with van der Waals surface area (Å²) in [7, 11) is 10.6. The summed E-state index contributed by atoms with van der Waals surface area (Å²) in [6.07, 6.45) is 3.31. The highest BCUT2D eigenvalue weighted by atomic mass is 15.3. The quantitative estimate of drug-likeness (QED) is 0.490. The van der Waals surface area contributed by atoms with Crippen LogP contribution in [0.2, 0.25) is 0 Å². The van der Waals surface area contributed by atoms with Gasteiger partial charge >= 0.3 is 0 Å². The Bertz CT molecular complexity index is 973. The van der Waals surface area contributed by atoms with E-state index < -0.39 is 0 Å². The van der Waals surface area contributed by atoms with Crippen LogP contribution in [0, 0.1) is 6.92 Å². The van der Waals surface area contributed by atoms with Crippen molar-refractivity contribution >= 4 is 0 Å². The lowest BCUT2D eigenvalue weighted by atomic mass is 10.1. The predicted molar refractivity (Wildman–Crippen MR) is 131 cm³/mol. The minimum absolute atomic E-state index is 0.922. The normalized spacial score (nSPS) is 11.8. The maximum Gasteiger partial charge on any atom is 0.0956 e. The van der Waals surface area contributed by atoms with Crippen molar-refractivity contribution in [1.29, 1.82) is 0 Å². The fraction of sp³-hybridized carbons (Fsp3) is 0.423. The number of aryl methyl sites for hydroxylation is 1. The summed E-state index contributed by atoms with van der Waals surface area (Å²) in [5.74, 6) is 0. The van der Waals surface area contributed by atoms with Crippen molar-refractivity contribution < 1.29 is 0 Å². The average molecular weight is 420 g/mol. The lowest BCUT2D eigenvalue weighted by Gasteiger charge is -2.18. The van der Waals surface area contributed by atoms with Crippen LogP contribution in [-0.4, -0.2) is 72.8 Å². The molecular weight excluding hydrogens is 382 g/mol. The first-order valence-electron chi connectivity index (χ1n) is 11.0. The summed E-state index contributed by atoms with van der Waals surface area (Å²) in [6.45, 7) is 6.23. The predicted octanol–water partition coefficient (Wildman–Crippen LogP) is 4.29. The van der Waals surface area contributed by atoms with E-state index in [1.54, 1.807) is 0 Å². The second kappa shape index (κ2) is 10.7. The van der Waals surface area contributed by atoms with Crippen molar-refractivity contribution in [2.75, 3.05) is 48.3 Å². The molecule has 166 valence electrons. The van der Waals surface area contributed by atoms with Crippen LogP contribution in [0.25, 0.3) is 16.9 Å². The lowest BCUT2D eigenvalue weighted by Crippen LogP contribution is -2.23. The zero-order valence-electron chi connectivity index (χ0n) is 20.0. The molecule has 0 bridgehead atoms. The van der Waals surface area contributed by atoms with Crippen molar-refractivity contribution in [3.63, 3.8) is 0 Å². The summed E-state index contributed by atoms with van der Waals surface area (Å²) >= 11 is 0. The summed E-state index contributed by atoms with van der Waals surface area (Å²) in [5, 5.41) is 4.94. The molecule has 0 N–H and O–H groups in total. The van der Waals surface area contributed by atoms with Crippen LogP contribution in [0.3, 0.4) is 0 Å². The number of benzene rings is 2. The maximum atomic E-state index is 4.94. The van der Waals surface area contributed by atoms with E-state index in [2.05, 4.69) is 112 Å². The lowest BCUT2D eigenvalue weighted by molar-refractivity contribution is 0.294. The van der Waals surface area contributed by atoms with E-state index >= 15 is 0 Å². The second-order valence-corrected chi connectivity index (χ2v) is 9.11. The van der Waals surface area contributed by atoms with E-state index in [1.807, 2.05) is 4.68 Å². The molecule has 1 aromatic heterocycles. The Morgan fingerprint density at radius 1 is 0.806 bits per heavy atom. The van der Waals surface area contributed by atoms with Crippen LogP contribution in [0.1, 0.15) is 23.1 Å². The van der Waals surface area contributed by atoms with Crippen LogP contribution in [0.4, 0.5) is 0 Å². The molecule has 3 aromatic rings. The van der Waals surface area contributed by atoms with Gasteiger partial charge in [0.25, 0.3) is 0 Å². The molecule has 0 aliphatic heterocycles. The van der Waals surface area contributed by atoms with Gasteiger partial charge in [0.05, 0.1) is 11.4 Å². The van der Waals surface area contributed by atoms with E-state index in [-0.39, 0.29) is 0 Å². The van der Waals surface area contributed by atoms with E-state index in [0.717, 1.165) is 37.6 Å². The van der Waals surface area contributed by atoms with E-state index in [9.17, 15) is 0 Å².